The lowest BCUT2D eigenvalue weighted by molar-refractivity contribution is 0.100. The third kappa shape index (κ3) is 2.90. The van der Waals surface area contributed by atoms with E-state index < -0.39 is 5.91 Å². The molecule has 8 heteroatoms. The van der Waals surface area contributed by atoms with Crippen molar-refractivity contribution < 1.29 is 9.90 Å². The highest BCUT2D eigenvalue weighted by Crippen LogP contribution is 2.39. The normalized spacial score (nSPS) is 14.0. The number of nitrogen functional groups attached to an aromatic ring is 1. The standard InChI is InChI=1S/C17H17N5O2S/c18-12-11-13(9-3-1-8(7-23)2-4-9)21-17(20-10-5-6-10)22-16(11)25-14(12)15(19)24/h1-4,10,23H,5-7,18H2,(H2,19,24)(H,20,21,22). The Kier molecular flexibility index (Phi) is 3.78. The predicted octanol–water partition coefficient (Wildman–Crippen LogP) is 2.11. The zero-order valence-electron chi connectivity index (χ0n) is 13.3. The summed E-state index contributed by atoms with van der Waals surface area (Å²) in [5.74, 6) is -0.0488. The fraction of sp³-hybridized carbons (Fsp3) is 0.235. The molecule has 0 aliphatic heterocycles. The summed E-state index contributed by atoms with van der Waals surface area (Å²) < 4.78 is 0. The minimum atomic E-state index is -0.571. The molecule has 1 aliphatic rings. The maximum absolute atomic E-state index is 11.7. The largest absolute Gasteiger partial charge is 0.397 e. The maximum Gasteiger partial charge on any atom is 0.260 e. The van der Waals surface area contributed by atoms with E-state index in [1.807, 2.05) is 24.3 Å². The fourth-order valence-electron chi connectivity index (χ4n) is 2.66. The molecule has 3 aromatic rings. The molecule has 2 heterocycles. The summed E-state index contributed by atoms with van der Waals surface area (Å²) in [6, 6.07) is 7.80. The summed E-state index contributed by atoms with van der Waals surface area (Å²) in [5.41, 5.74) is 14.2. The first-order valence-electron chi connectivity index (χ1n) is 7.93. The highest BCUT2D eigenvalue weighted by atomic mass is 32.1. The van der Waals surface area contributed by atoms with Gasteiger partial charge >= 0.3 is 0 Å². The molecule has 128 valence electrons. The van der Waals surface area contributed by atoms with Crippen LogP contribution in [0.2, 0.25) is 0 Å². The molecule has 25 heavy (non-hydrogen) atoms. The monoisotopic (exact) mass is 355 g/mol. The van der Waals surface area contributed by atoms with E-state index in [0.29, 0.717) is 38.5 Å². The van der Waals surface area contributed by atoms with E-state index in [0.717, 1.165) is 24.0 Å². The van der Waals surface area contributed by atoms with Gasteiger partial charge in [0.05, 0.1) is 23.4 Å². The number of primary amides is 1. The number of nitrogens with one attached hydrogen (secondary N) is 1. The van der Waals surface area contributed by atoms with Gasteiger partial charge in [-0.3, -0.25) is 4.79 Å². The van der Waals surface area contributed by atoms with Crippen LogP contribution in [-0.4, -0.2) is 27.0 Å². The van der Waals surface area contributed by atoms with E-state index in [1.54, 1.807) is 0 Å². The van der Waals surface area contributed by atoms with E-state index in [2.05, 4.69) is 15.3 Å². The number of benzene rings is 1. The van der Waals surface area contributed by atoms with E-state index in [-0.39, 0.29) is 6.61 Å². The van der Waals surface area contributed by atoms with Crippen LogP contribution < -0.4 is 16.8 Å². The zero-order chi connectivity index (χ0) is 17.6. The number of amides is 1. The van der Waals surface area contributed by atoms with Crippen molar-refractivity contribution in [3.8, 4) is 11.3 Å². The van der Waals surface area contributed by atoms with Crippen LogP contribution in [0.3, 0.4) is 0 Å². The number of aliphatic hydroxyl groups excluding tert-OH is 1. The van der Waals surface area contributed by atoms with E-state index in [4.69, 9.17) is 11.5 Å². The Morgan fingerprint density at radius 1 is 1.28 bits per heavy atom. The number of aliphatic hydroxyl groups is 1. The van der Waals surface area contributed by atoms with Gasteiger partial charge in [0.1, 0.15) is 9.71 Å². The molecule has 1 saturated carbocycles. The minimum absolute atomic E-state index is 0.0274. The number of nitrogens with two attached hydrogens (primary N) is 2. The topological polar surface area (TPSA) is 127 Å². The summed E-state index contributed by atoms with van der Waals surface area (Å²) in [7, 11) is 0. The van der Waals surface area contributed by atoms with Gasteiger partial charge in [-0.15, -0.1) is 11.3 Å². The van der Waals surface area contributed by atoms with Crippen molar-refractivity contribution in [3.63, 3.8) is 0 Å². The van der Waals surface area contributed by atoms with Crippen molar-refractivity contribution in [3.05, 3.63) is 34.7 Å². The fourth-order valence-corrected chi connectivity index (χ4v) is 3.60. The van der Waals surface area contributed by atoms with Gasteiger partial charge in [-0.2, -0.15) is 0 Å². The molecule has 0 atom stereocenters. The average Bonchev–Trinajstić information content (AvgIpc) is 3.36. The van der Waals surface area contributed by atoms with E-state index in [1.165, 1.54) is 11.3 Å². The Balaban J connectivity index is 1.92. The van der Waals surface area contributed by atoms with Crippen LogP contribution in [0.25, 0.3) is 21.5 Å². The van der Waals surface area contributed by atoms with Gasteiger partial charge in [-0.05, 0) is 18.4 Å². The van der Waals surface area contributed by atoms with Gasteiger partial charge in [0.25, 0.3) is 5.91 Å². The number of thiophene rings is 1. The zero-order valence-corrected chi connectivity index (χ0v) is 14.1. The molecule has 4 rings (SSSR count). The second-order valence-electron chi connectivity index (χ2n) is 6.06. The highest BCUT2D eigenvalue weighted by Gasteiger charge is 2.25. The molecular weight excluding hydrogens is 338 g/mol. The number of aromatic nitrogens is 2. The lowest BCUT2D eigenvalue weighted by Gasteiger charge is -2.09. The van der Waals surface area contributed by atoms with Gasteiger partial charge in [-0.1, -0.05) is 24.3 Å². The molecule has 0 bridgehead atoms. The first kappa shape index (κ1) is 15.8. The third-order valence-electron chi connectivity index (χ3n) is 4.13. The molecule has 1 aliphatic carbocycles. The first-order chi connectivity index (χ1) is 12.1. The second-order valence-corrected chi connectivity index (χ2v) is 7.06. The summed E-state index contributed by atoms with van der Waals surface area (Å²) in [5, 5.41) is 13.1. The summed E-state index contributed by atoms with van der Waals surface area (Å²) in [4.78, 5) is 21.7. The summed E-state index contributed by atoms with van der Waals surface area (Å²) in [6.45, 7) is -0.0274. The van der Waals surface area contributed by atoms with Crippen LogP contribution in [0.15, 0.2) is 24.3 Å². The molecule has 6 N–H and O–H groups in total. The average molecular weight is 355 g/mol. The molecule has 2 aromatic heterocycles. The van der Waals surface area contributed by atoms with Crippen molar-refractivity contribution in [2.45, 2.75) is 25.5 Å². The third-order valence-corrected chi connectivity index (χ3v) is 5.25. The van der Waals surface area contributed by atoms with Crippen LogP contribution in [0.4, 0.5) is 11.6 Å². The first-order valence-corrected chi connectivity index (χ1v) is 8.75. The Morgan fingerprint density at radius 3 is 2.60 bits per heavy atom. The molecule has 0 unspecified atom stereocenters. The molecule has 1 fully saturated rings. The van der Waals surface area contributed by atoms with Crippen LogP contribution in [0, 0.1) is 0 Å². The van der Waals surface area contributed by atoms with Crippen molar-refractivity contribution in [2.24, 2.45) is 5.73 Å². The van der Waals surface area contributed by atoms with Crippen molar-refractivity contribution in [1.29, 1.82) is 0 Å². The number of fused-ring (bicyclic) bond motifs is 1. The lowest BCUT2D eigenvalue weighted by atomic mass is 10.1. The highest BCUT2D eigenvalue weighted by molar-refractivity contribution is 7.21. The lowest BCUT2D eigenvalue weighted by Crippen LogP contribution is -2.10. The number of anilines is 2. The van der Waals surface area contributed by atoms with Crippen molar-refractivity contribution >= 4 is 39.1 Å². The van der Waals surface area contributed by atoms with E-state index >= 15 is 0 Å². The Labute approximate surface area is 147 Å². The molecule has 0 saturated heterocycles. The van der Waals surface area contributed by atoms with Crippen molar-refractivity contribution in [2.75, 3.05) is 11.1 Å². The quantitative estimate of drug-likeness (QED) is 0.555. The van der Waals surface area contributed by atoms with Crippen LogP contribution in [-0.2, 0) is 6.61 Å². The maximum atomic E-state index is 11.7. The number of rotatable bonds is 5. The smallest absolute Gasteiger partial charge is 0.260 e. The van der Waals surface area contributed by atoms with Crippen molar-refractivity contribution in [1.82, 2.24) is 9.97 Å². The van der Waals surface area contributed by atoms with E-state index in [9.17, 15) is 9.90 Å². The van der Waals surface area contributed by atoms with Crippen LogP contribution in [0.5, 0.6) is 0 Å². The Morgan fingerprint density at radius 2 is 2.00 bits per heavy atom. The molecular formula is C17H17N5O2S. The predicted molar refractivity (Wildman–Crippen MR) is 98.3 cm³/mol. The van der Waals surface area contributed by atoms with Gasteiger partial charge in [-0.25, -0.2) is 9.97 Å². The SMILES string of the molecule is NC(=O)c1sc2nc(NC3CC3)nc(-c3ccc(CO)cc3)c2c1N. The second kappa shape index (κ2) is 5.98. The Bertz CT molecular complexity index is 963. The van der Waals surface area contributed by atoms with Crippen LogP contribution >= 0.6 is 11.3 Å². The molecule has 1 amide bonds. The molecule has 7 nitrogen and oxygen atoms in total. The van der Waals surface area contributed by atoms with Gasteiger partial charge in [0.15, 0.2) is 0 Å². The van der Waals surface area contributed by atoms with Gasteiger partial charge in [0, 0.05) is 11.6 Å². The number of nitrogens with zero attached hydrogens (tertiary/aromatic N) is 2. The molecule has 0 spiro atoms. The van der Waals surface area contributed by atoms with Crippen LogP contribution in [0.1, 0.15) is 28.1 Å². The number of carbonyl (C=O) groups is 1. The minimum Gasteiger partial charge on any atom is -0.397 e. The molecule has 1 aromatic carbocycles. The summed E-state index contributed by atoms with van der Waals surface area (Å²) >= 11 is 1.18. The van der Waals surface area contributed by atoms with Gasteiger partial charge < -0.3 is 21.9 Å². The summed E-state index contributed by atoms with van der Waals surface area (Å²) in [6.07, 6.45) is 2.20. The van der Waals surface area contributed by atoms with Gasteiger partial charge in [0.2, 0.25) is 5.95 Å². The molecule has 0 radical (unpaired) electrons. The number of carbonyl (C=O) groups excluding carboxylic acids is 1. The number of hydrogen-bond donors (Lipinski definition) is 4. The number of hydrogen-bond acceptors (Lipinski definition) is 7. The Hall–Kier alpha value is -2.71.